The van der Waals surface area contributed by atoms with Crippen LogP contribution in [0.4, 0.5) is 0 Å². The SMILES string of the molecule is Cc1c2c(c(C)c3c(C(C)C)cccc13)Oc1cc(C3CCCC3)cc3cc[n+](C)c-2c13. The largest absolute Gasteiger partial charge is 0.455 e. The van der Waals surface area contributed by atoms with Crippen molar-refractivity contribution in [1.29, 1.82) is 0 Å². The number of hydrogen-bond donors (Lipinski definition) is 0. The number of ether oxygens (including phenoxy) is 1. The normalized spacial score (nSPS) is 15.6. The molecule has 0 radical (unpaired) electrons. The second-order valence-electron chi connectivity index (χ2n) is 10.2. The average Bonchev–Trinajstić information content (AvgIpc) is 3.33. The molecule has 0 bridgehead atoms. The second kappa shape index (κ2) is 7.07. The van der Waals surface area contributed by atoms with E-state index in [1.165, 1.54) is 80.7 Å². The Morgan fingerprint density at radius 1 is 0.969 bits per heavy atom. The Labute approximate surface area is 190 Å². The first-order chi connectivity index (χ1) is 15.5. The molecule has 0 atom stereocenters. The fourth-order valence-electron chi connectivity index (χ4n) is 6.27. The molecule has 3 aromatic carbocycles. The maximum atomic E-state index is 6.85. The minimum absolute atomic E-state index is 0.472. The highest BCUT2D eigenvalue weighted by Crippen LogP contribution is 2.52. The molecule has 0 unspecified atom stereocenters. The number of benzene rings is 3. The van der Waals surface area contributed by atoms with Crippen LogP contribution in [0.25, 0.3) is 32.8 Å². The lowest BCUT2D eigenvalue weighted by Gasteiger charge is -2.26. The zero-order chi connectivity index (χ0) is 22.1. The van der Waals surface area contributed by atoms with E-state index in [0.717, 1.165) is 11.5 Å². The Morgan fingerprint density at radius 2 is 1.75 bits per heavy atom. The van der Waals surface area contributed by atoms with Crippen LogP contribution in [0.15, 0.2) is 42.6 Å². The third-order valence-corrected chi connectivity index (χ3v) is 7.94. The molecule has 2 aliphatic rings. The first kappa shape index (κ1) is 19.8. The summed E-state index contributed by atoms with van der Waals surface area (Å²) in [5.41, 5.74) is 7.98. The van der Waals surface area contributed by atoms with Crippen molar-refractivity contribution < 1.29 is 9.30 Å². The highest BCUT2D eigenvalue weighted by Gasteiger charge is 2.33. The van der Waals surface area contributed by atoms with Crippen LogP contribution in [-0.2, 0) is 7.05 Å². The van der Waals surface area contributed by atoms with Crippen molar-refractivity contribution in [3.05, 3.63) is 64.8 Å². The molecule has 1 aliphatic carbocycles. The van der Waals surface area contributed by atoms with Crippen LogP contribution >= 0.6 is 0 Å². The molecular weight excluding hydrogens is 390 g/mol. The molecular formula is C30H32NO+. The lowest BCUT2D eigenvalue weighted by Crippen LogP contribution is -2.32. The van der Waals surface area contributed by atoms with E-state index in [-0.39, 0.29) is 0 Å². The van der Waals surface area contributed by atoms with Gasteiger partial charge in [0.2, 0.25) is 5.69 Å². The minimum atomic E-state index is 0.472. The molecule has 1 fully saturated rings. The molecule has 4 aromatic rings. The van der Waals surface area contributed by atoms with Gasteiger partial charge in [-0.05, 0) is 77.4 Å². The Bertz CT molecular complexity index is 1410. The van der Waals surface area contributed by atoms with Crippen molar-refractivity contribution in [3.63, 3.8) is 0 Å². The van der Waals surface area contributed by atoms with Crippen molar-refractivity contribution in [2.75, 3.05) is 0 Å². The van der Waals surface area contributed by atoms with Gasteiger partial charge in [0.25, 0.3) is 0 Å². The topological polar surface area (TPSA) is 13.1 Å². The van der Waals surface area contributed by atoms with Crippen molar-refractivity contribution in [1.82, 2.24) is 0 Å². The van der Waals surface area contributed by atoms with Gasteiger partial charge in [0, 0.05) is 11.6 Å². The van der Waals surface area contributed by atoms with Gasteiger partial charge in [-0.1, -0.05) is 51.0 Å². The Balaban J connectivity index is 1.71. The summed E-state index contributed by atoms with van der Waals surface area (Å²) in [5.74, 6) is 3.22. The molecule has 0 saturated heterocycles. The first-order valence-electron chi connectivity index (χ1n) is 12.2. The molecule has 2 heteroatoms. The Hall–Kier alpha value is -2.87. The van der Waals surface area contributed by atoms with Crippen LogP contribution in [0.5, 0.6) is 11.5 Å². The molecule has 1 aromatic heterocycles. The van der Waals surface area contributed by atoms with E-state index in [1.807, 2.05) is 0 Å². The van der Waals surface area contributed by atoms with Gasteiger partial charge in [0.1, 0.15) is 18.5 Å². The summed E-state index contributed by atoms with van der Waals surface area (Å²) in [6.45, 7) is 9.09. The van der Waals surface area contributed by atoms with Crippen LogP contribution in [0.2, 0.25) is 0 Å². The van der Waals surface area contributed by atoms with Gasteiger partial charge < -0.3 is 4.74 Å². The van der Waals surface area contributed by atoms with Crippen LogP contribution in [0.3, 0.4) is 0 Å². The summed E-state index contributed by atoms with van der Waals surface area (Å²) >= 11 is 0. The third-order valence-electron chi connectivity index (χ3n) is 7.94. The minimum Gasteiger partial charge on any atom is -0.455 e. The number of aromatic nitrogens is 1. The van der Waals surface area contributed by atoms with Crippen LogP contribution in [0.1, 0.15) is 73.6 Å². The molecule has 6 rings (SSSR count). The highest BCUT2D eigenvalue weighted by molar-refractivity contribution is 6.07. The van der Waals surface area contributed by atoms with E-state index < -0.39 is 0 Å². The maximum absolute atomic E-state index is 6.85. The van der Waals surface area contributed by atoms with Crippen molar-refractivity contribution >= 4 is 21.5 Å². The van der Waals surface area contributed by atoms with E-state index in [9.17, 15) is 0 Å². The van der Waals surface area contributed by atoms with Crippen molar-refractivity contribution in [3.8, 4) is 22.8 Å². The lowest BCUT2D eigenvalue weighted by atomic mass is 9.85. The van der Waals surface area contributed by atoms with Crippen LogP contribution in [-0.4, -0.2) is 0 Å². The van der Waals surface area contributed by atoms with Crippen LogP contribution in [0, 0.1) is 13.8 Å². The van der Waals surface area contributed by atoms with Gasteiger partial charge in [-0.25, -0.2) is 4.57 Å². The molecule has 0 spiro atoms. The highest BCUT2D eigenvalue weighted by atomic mass is 16.5. The monoisotopic (exact) mass is 422 g/mol. The van der Waals surface area contributed by atoms with E-state index in [2.05, 4.69) is 81.9 Å². The summed E-state index contributed by atoms with van der Waals surface area (Å²) < 4.78 is 9.13. The van der Waals surface area contributed by atoms with Gasteiger partial charge in [-0.15, -0.1) is 0 Å². The lowest BCUT2D eigenvalue weighted by molar-refractivity contribution is -0.659. The number of pyridine rings is 1. The zero-order valence-corrected chi connectivity index (χ0v) is 19.9. The quantitative estimate of drug-likeness (QED) is 0.263. The Morgan fingerprint density at radius 3 is 2.50 bits per heavy atom. The predicted octanol–water partition coefficient (Wildman–Crippen LogP) is 7.99. The number of aryl methyl sites for hydroxylation is 3. The molecule has 2 nitrogen and oxygen atoms in total. The Kier molecular flexibility index (Phi) is 4.37. The van der Waals surface area contributed by atoms with E-state index >= 15 is 0 Å². The van der Waals surface area contributed by atoms with Gasteiger partial charge in [-0.2, -0.15) is 0 Å². The third kappa shape index (κ3) is 2.68. The summed E-state index contributed by atoms with van der Waals surface area (Å²) in [5, 5.41) is 5.27. The van der Waals surface area contributed by atoms with Gasteiger partial charge >= 0.3 is 0 Å². The summed E-state index contributed by atoms with van der Waals surface area (Å²) in [6.07, 6.45) is 7.52. The molecule has 2 heterocycles. The van der Waals surface area contributed by atoms with Crippen LogP contribution < -0.4 is 9.30 Å². The number of nitrogens with zero attached hydrogens (tertiary/aromatic N) is 1. The average molecular weight is 423 g/mol. The van der Waals surface area contributed by atoms with Gasteiger partial charge in [0.05, 0.1) is 10.9 Å². The van der Waals surface area contributed by atoms with E-state index in [0.29, 0.717) is 11.8 Å². The first-order valence-corrected chi connectivity index (χ1v) is 12.2. The molecule has 0 amide bonds. The number of rotatable bonds is 2. The summed E-state index contributed by atoms with van der Waals surface area (Å²) in [4.78, 5) is 0. The van der Waals surface area contributed by atoms with Crippen molar-refractivity contribution in [2.24, 2.45) is 7.05 Å². The fraction of sp³-hybridized carbons (Fsp3) is 0.367. The number of hydrogen-bond acceptors (Lipinski definition) is 1. The smallest absolute Gasteiger partial charge is 0.228 e. The molecule has 162 valence electrons. The van der Waals surface area contributed by atoms with Gasteiger partial charge in [0.15, 0.2) is 6.20 Å². The summed E-state index contributed by atoms with van der Waals surface area (Å²) in [6, 6.07) is 13.8. The standard InChI is InChI=1S/C30H32NO/c1-17(2)23-11-8-12-24-18(3)27-29-28-21(13-14-31(29)5)15-22(20-9-6-7-10-20)16-25(28)32-30(27)19(4)26(23)24/h8,11-17,20H,6-7,9-10H2,1-5H3/q+1. The zero-order valence-electron chi connectivity index (χ0n) is 19.9. The second-order valence-corrected chi connectivity index (χ2v) is 10.2. The van der Waals surface area contributed by atoms with Crippen molar-refractivity contribution in [2.45, 2.75) is 65.2 Å². The maximum Gasteiger partial charge on any atom is 0.228 e. The van der Waals surface area contributed by atoms with E-state index in [4.69, 9.17) is 4.74 Å². The summed E-state index contributed by atoms with van der Waals surface area (Å²) in [7, 11) is 2.17. The van der Waals surface area contributed by atoms with E-state index in [1.54, 1.807) is 0 Å². The molecule has 0 N–H and O–H groups in total. The predicted molar refractivity (Wildman–Crippen MR) is 133 cm³/mol. The molecule has 32 heavy (non-hydrogen) atoms. The van der Waals surface area contributed by atoms with Gasteiger partial charge in [-0.3, -0.25) is 0 Å². The fourth-order valence-corrected chi connectivity index (χ4v) is 6.27. The molecule has 1 aliphatic heterocycles. The molecule has 1 saturated carbocycles. The number of fused-ring (bicyclic) bond motifs is 3.